The first-order valence-electron chi connectivity index (χ1n) is 6.83. The van der Waals surface area contributed by atoms with Crippen LogP contribution < -0.4 is 16.2 Å². The van der Waals surface area contributed by atoms with Gasteiger partial charge in [0.05, 0.1) is 0 Å². The highest BCUT2D eigenvalue weighted by Crippen LogP contribution is 2.04. The average Bonchev–Trinajstić information content (AvgIpc) is 2.55. The first-order valence-corrected chi connectivity index (χ1v) is 6.83. The number of benzene rings is 1. The van der Waals surface area contributed by atoms with Crippen LogP contribution in [0.25, 0.3) is 0 Å². The number of pyridine rings is 1. The van der Waals surface area contributed by atoms with Crippen molar-refractivity contribution < 1.29 is 9.59 Å². The average molecular weight is 299 g/mol. The summed E-state index contributed by atoms with van der Waals surface area (Å²) in [6.07, 6.45) is 1.57. The Kier molecular flexibility index (Phi) is 5.08. The Morgan fingerprint density at radius 2 is 1.82 bits per heavy atom. The van der Waals surface area contributed by atoms with Gasteiger partial charge in [-0.2, -0.15) is 0 Å². The number of aromatic nitrogens is 1. The van der Waals surface area contributed by atoms with Crippen molar-refractivity contribution in [2.24, 2.45) is 0 Å². The Bertz CT molecular complexity index is 720. The first-order chi connectivity index (χ1) is 10.6. The summed E-state index contributed by atoms with van der Waals surface area (Å²) in [5.74, 6) is -0.400. The van der Waals surface area contributed by atoms with Crippen molar-refractivity contribution in [3.05, 3.63) is 70.1 Å². The monoisotopic (exact) mass is 299 g/mol. The first kappa shape index (κ1) is 15.5. The van der Waals surface area contributed by atoms with Crippen LogP contribution in [-0.4, -0.2) is 23.4 Å². The summed E-state index contributed by atoms with van der Waals surface area (Å²) in [5, 5.41) is 5.28. The Morgan fingerprint density at radius 1 is 1.09 bits per heavy atom. The summed E-state index contributed by atoms with van der Waals surface area (Å²) < 4.78 is 1.34. The van der Waals surface area contributed by atoms with Crippen LogP contribution in [0.3, 0.4) is 0 Å². The van der Waals surface area contributed by atoms with Gasteiger partial charge in [-0.25, -0.2) is 0 Å². The topological polar surface area (TPSA) is 80.2 Å². The van der Waals surface area contributed by atoms with E-state index in [1.54, 1.807) is 49.6 Å². The molecule has 1 heterocycles. The number of hydrogen-bond donors (Lipinski definition) is 2. The molecule has 1 aromatic heterocycles. The lowest BCUT2D eigenvalue weighted by Crippen LogP contribution is -2.31. The van der Waals surface area contributed by atoms with Crippen molar-refractivity contribution in [2.75, 3.05) is 7.05 Å². The summed E-state index contributed by atoms with van der Waals surface area (Å²) >= 11 is 0. The van der Waals surface area contributed by atoms with Crippen LogP contribution in [0, 0.1) is 0 Å². The third-order valence-corrected chi connectivity index (χ3v) is 3.15. The van der Waals surface area contributed by atoms with Gasteiger partial charge in [0.15, 0.2) is 0 Å². The van der Waals surface area contributed by atoms with E-state index in [0.717, 1.165) is 5.56 Å². The molecule has 22 heavy (non-hydrogen) atoms. The van der Waals surface area contributed by atoms with E-state index in [1.165, 1.54) is 10.6 Å². The van der Waals surface area contributed by atoms with Gasteiger partial charge in [-0.15, -0.1) is 0 Å². The molecule has 0 bridgehead atoms. The van der Waals surface area contributed by atoms with Gasteiger partial charge in [-0.1, -0.05) is 18.2 Å². The van der Waals surface area contributed by atoms with E-state index in [9.17, 15) is 14.4 Å². The van der Waals surface area contributed by atoms with Gasteiger partial charge in [-0.3, -0.25) is 14.4 Å². The highest BCUT2D eigenvalue weighted by atomic mass is 16.2. The Hall–Kier alpha value is -2.89. The van der Waals surface area contributed by atoms with E-state index < -0.39 is 0 Å². The summed E-state index contributed by atoms with van der Waals surface area (Å²) in [5.41, 5.74) is 1.22. The molecule has 0 aliphatic rings. The van der Waals surface area contributed by atoms with Crippen LogP contribution in [0.5, 0.6) is 0 Å². The lowest BCUT2D eigenvalue weighted by Gasteiger charge is -2.08. The molecule has 1 aromatic carbocycles. The fourth-order valence-electron chi connectivity index (χ4n) is 1.92. The second-order valence-corrected chi connectivity index (χ2v) is 4.72. The van der Waals surface area contributed by atoms with Crippen LogP contribution in [-0.2, 0) is 17.9 Å². The number of rotatable bonds is 5. The predicted molar refractivity (Wildman–Crippen MR) is 82.4 cm³/mol. The Balaban J connectivity index is 1.90. The molecule has 6 heteroatoms. The van der Waals surface area contributed by atoms with Crippen molar-refractivity contribution in [1.29, 1.82) is 0 Å². The molecule has 0 saturated heterocycles. The van der Waals surface area contributed by atoms with Crippen LogP contribution in [0.4, 0.5) is 0 Å². The summed E-state index contributed by atoms with van der Waals surface area (Å²) in [6.45, 7) is 0.324. The molecule has 0 radical (unpaired) electrons. The van der Waals surface area contributed by atoms with Crippen LogP contribution in [0.1, 0.15) is 15.9 Å². The molecule has 0 spiro atoms. The molecule has 2 rings (SSSR count). The maximum atomic E-state index is 11.8. The summed E-state index contributed by atoms with van der Waals surface area (Å²) in [7, 11) is 1.57. The molecular formula is C16H17N3O3. The zero-order valence-corrected chi connectivity index (χ0v) is 12.2. The minimum atomic E-state index is -0.247. The third-order valence-electron chi connectivity index (χ3n) is 3.15. The number of nitrogens with zero attached hydrogens (tertiary/aromatic N) is 1. The molecule has 0 aliphatic carbocycles. The molecule has 2 N–H and O–H groups in total. The van der Waals surface area contributed by atoms with Gasteiger partial charge in [-0.05, 0) is 23.8 Å². The van der Waals surface area contributed by atoms with E-state index in [0.29, 0.717) is 12.1 Å². The molecule has 2 amide bonds. The number of amides is 2. The van der Waals surface area contributed by atoms with Crippen molar-refractivity contribution in [3.8, 4) is 0 Å². The fourth-order valence-corrected chi connectivity index (χ4v) is 1.92. The minimum Gasteiger partial charge on any atom is -0.355 e. The predicted octanol–water partition coefficient (Wildman–Crippen LogP) is 0.524. The van der Waals surface area contributed by atoms with Gasteiger partial charge < -0.3 is 15.2 Å². The second-order valence-electron chi connectivity index (χ2n) is 4.72. The minimum absolute atomic E-state index is 0.0179. The largest absolute Gasteiger partial charge is 0.355 e. The maximum absolute atomic E-state index is 11.8. The van der Waals surface area contributed by atoms with Gasteiger partial charge >= 0.3 is 0 Å². The molecule has 6 nitrogen and oxygen atoms in total. The van der Waals surface area contributed by atoms with Crippen molar-refractivity contribution >= 4 is 11.8 Å². The highest BCUT2D eigenvalue weighted by Gasteiger charge is 2.05. The van der Waals surface area contributed by atoms with E-state index in [2.05, 4.69) is 10.6 Å². The van der Waals surface area contributed by atoms with Crippen molar-refractivity contribution in [3.63, 3.8) is 0 Å². The molecule has 0 unspecified atom stereocenters. The van der Waals surface area contributed by atoms with Crippen LogP contribution in [0.2, 0.25) is 0 Å². The van der Waals surface area contributed by atoms with E-state index >= 15 is 0 Å². The zero-order chi connectivity index (χ0) is 15.9. The van der Waals surface area contributed by atoms with Crippen molar-refractivity contribution in [2.45, 2.75) is 13.1 Å². The van der Waals surface area contributed by atoms with Gasteiger partial charge in [0.2, 0.25) is 5.91 Å². The molecule has 2 aromatic rings. The molecule has 0 fully saturated rings. The van der Waals surface area contributed by atoms with Crippen molar-refractivity contribution in [1.82, 2.24) is 15.2 Å². The maximum Gasteiger partial charge on any atom is 0.251 e. The van der Waals surface area contributed by atoms with E-state index in [1.807, 2.05) is 0 Å². The Labute approximate surface area is 127 Å². The molecule has 0 atom stereocenters. The smallest absolute Gasteiger partial charge is 0.251 e. The Morgan fingerprint density at radius 3 is 2.45 bits per heavy atom. The zero-order valence-electron chi connectivity index (χ0n) is 12.2. The lowest BCUT2D eigenvalue weighted by atomic mass is 10.1. The second kappa shape index (κ2) is 7.21. The van der Waals surface area contributed by atoms with Gasteiger partial charge in [0, 0.05) is 31.4 Å². The van der Waals surface area contributed by atoms with E-state index in [4.69, 9.17) is 0 Å². The SMILES string of the molecule is CNC(=O)c1ccc(CNC(=O)Cn2ccccc2=O)cc1. The lowest BCUT2D eigenvalue weighted by molar-refractivity contribution is -0.121. The summed E-state index contributed by atoms with van der Waals surface area (Å²) in [6, 6.07) is 11.7. The fraction of sp³-hybridized carbons (Fsp3) is 0.188. The molecule has 0 saturated carbocycles. The normalized spacial score (nSPS) is 10.0. The molecular weight excluding hydrogens is 282 g/mol. The standard InChI is InChI=1S/C16H17N3O3/c1-17-16(22)13-7-5-12(6-8-13)10-18-14(20)11-19-9-3-2-4-15(19)21/h2-9H,10-11H2,1H3,(H,17,22)(H,18,20). The van der Waals surface area contributed by atoms with Gasteiger partial charge in [0.25, 0.3) is 11.5 Å². The number of nitrogens with one attached hydrogen (secondary N) is 2. The number of carbonyl (C=O) groups is 2. The summed E-state index contributed by atoms with van der Waals surface area (Å²) in [4.78, 5) is 34.7. The number of carbonyl (C=O) groups excluding carboxylic acids is 2. The van der Waals surface area contributed by atoms with Gasteiger partial charge in [0.1, 0.15) is 6.54 Å². The highest BCUT2D eigenvalue weighted by molar-refractivity contribution is 5.93. The van der Waals surface area contributed by atoms with Crippen LogP contribution in [0.15, 0.2) is 53.5 Å². The number of hydrogen-bond acceptors (Lipinski definition) is 3. The van der Waals surface area contributed by atoms with Crippen LogP contribution >= 0.6 is 0 Å². The third kappa shape index (κ3) is 4.05. The van der Waals surface area contributed by atoms with E-state index in [-0.39, 0.29) is 23.9 Å². The molecule has 114 valence electrons. The molecule has 0 aliphatic heterocycles. The quantitative estimate of drug-likeness (QED) is 0.845.